The highest BCUT2D eigenvalue weighted by Gasteiger charge is 2.29. The molecule has 0 saturated carbocycles. The van der Waals surface area contributed by atoms with Crippen LogP contribution < -0.4 is 10.6 Å². The van der Waals surface area contributed by atoms with Crippen molar-refractivity contribution in [3.63, 3.8) is 0 Å². The molecule has 0 fully saturated rings. The minimum absolute atomic E-state index is 0.0931. The van der Waals surface area contributed by atoms with E-state index in [1.807, 2.05) is 35.2 Å². The molecular weight excluding hydrogens is 298 g/mol. The van der Waals surface area contributed by atoms with Gasteiger partial charge < -0.3 is 15.5 Å². The van der Waals surface area contributed by atoms with Gasteiger partial charge in [-0.1, -0.05) is 37.3 Å². The number of para-hydroxylation sites is 1. The van der Waals surface area contributed by atoms with E-state index in [-0.39, 0.29) is 11.9 Å². The van der Waals surface area contributed by atoms with Gasteiger partial charge in [0.15, 0.2) is 0 Å². The van der Waals surface area contributed by atoms with Gasteiger partial charge in [-0.2, -0.15) is 0 Å². The quantitative estimate of drug-likeness (QED) is 0.944. The first-order chi connectivity index (χ1) is 11.6. The molecule has 2 aromatic carbocycles. The first-order valence-electron chi connectivity index (χ1n) is 8.53. The molecule has 2 N–H and O–H groups in total. The molecule has 0 radical (unpaired) electrons. The third-order valence-corrected chi connectivity index (χ3v) is 4.84. The summed E-state index contributed by atoms with van der Waals surface area (Å²) < 4.78 is 0. The zero-order chi connectivity index (χ0) is 17.1. The van der Waals surface area contributed by atoms with E-state index >= 15 is 0 Å². The lowest BCUT2D eigenvalue weighted by molar-refractivity contribution is 0.0667. The van der Waals surface area contributed by atoms with E-state index in [9.17, 15) is 4.79 Å². The van der Waals surface area contributed by atoms with Gasteiger partial charge in [-0.3, -0.25) is 4.79 Å². The Balaban J connectivity index is 1.93. The van der Waals surface area contributed by atoms with Crippen LogP contribution in [0.25, 0.3) is 0 Å². The normalized spacial score (nSPS) is 17.4. The summed E-state index contributed by atoms with van der Waals surface area (Å²) in [5.41, 5.74) is 9.83. The van der Waals surface area contributed by atoms with Crippen molar-refractivity contribution >= 4 is 11.6 Å². The third-order valence-electron chi connectivity index (χ3n) is 4.84. The number of rotatable bonds is 3. The van der Waals surface area contributed by atoms with Crippen molar-refractivity contribution in [2.45, 2.75) is 32.5 Å². The Morgan fingerprint density at radius 2 is 1.88 bits per heavy atom. The predicted molar refractivity (Wildman–Crippen MR) is 98.0 cm³/mol. The standard InChI is InChI=1S/C20H25N3O/c1-3-18-14-22(2)19-7-5-4-6-17(19)13-23(18)20(24)16-10-8-15(12-21)9-11-16/h4-11,18H,3,12-14,21H2,1-2H3/t18-/m0/s1. The van der Waals surface area contributed by atoms with Crippen molar-refractivity contribution in [2.24, 2.45) is 5.73 Å². The average molecular weight is 323 g/mol. The molecular formula is C20H25N3O. The van der Waals surface area contributed by atoms with Crippen molar-refractivity contribution in [2.75, 3.05) is 18.5 Å². The summed E-state index contributed by atoms with van der Waals surface area (Å²) in [6.07, 6.45) is 0.935. The second-order valence-corrected chi connectivity index (χ2v) is 6.41. The maximum Gasteiger partial charge on any atom is 0.254 e. The van der Waals surface area contributed by atoms with E-state index in [1.54, 1.807) is 0 Å². The zero-order valence-electron chi connectivity index (χ0n) is 14.4. The summed E-state index contributed by atoms with van der Waals surface area (Å²) >= 11 is 0. The number of hydrogen-bond donors (Lipinski definition) is 1. The fourth-order valence-electron chi connectivity index (χ4n) is 3.38. The Morgan fingerprint density at radius 1 is 1.17 bits per heavy atom. The number of carbonyl (C=O) groups excluding carboxylic acids is 1. The number of benzene rings is 2. The highest BCUT2D eigenvalue weighted by Crippen LogP contribution is 2.28. The van der Waals surface area contributed by atoms with E-state index in [2.05, 4.69) is 37.1 Å². The number of likely N-dealkylation sites (N-methyl/N-ethyl adjacent to an activating group) is 1. The van der Waals surface area contributed by atoms with Crippen LogP contribution in [0.2, 0.25) is 0 Å². The lowest BCUT2D eigenvalue weighted by atomic mass is 10.1. The summed E-state index contributed by atoms with van der Waals surface area (Å²) in [5.74, 6) is 0.0931. The smallest absolute Gasteiger partial charge is 0.254 e. The van der Waals surface area contributed by atoms with Gasteiger partial charge in [0.05, 0.1) is 0 Å². The molecule has 4 heteroatoms. The van der Waals surface area contributed by atoms with Gasteiger partial charge in [0.2, 0.25) is 0 Å². The van der Waals surface area contributed by atoms with Crippen LogP contribution in [0.1, 0.15) is 34.8 Å². The van der Waals surface area contributed by atoms with Gasteiger partial charge in [0.1, 0.15) is 0 Å². The summed E-state index contributed by atoms with van der Waals surface area (Å²) in [6.45, 7) is 4.14. The van der Waals surface area contributed by atoms with Gasteiger partial charge in [0.25, 0.3) is 5.91 Å². The van der Waals surface area contributed by atoms with E-state index < -0.39 is 0 Å². The molecule has 0 saturated heterocycles. The lowest BCUT2D eigenvalue weighted by Gasteiger charge is -2.30. The van der Waals surface area contributed by atoms with Crippen molar-refractivity contribution in [3.8, 4) is 0 Å². The maximum atomic E-state index is 13.1. The molecule has 1 heterocycles. The molecule has 126 valence electrons. The number of anilines is 1. The highest BCUT2D eigenvalue weighted by molar-refractivity contribution is 5.94. The maximum absolute atomic E-state index is 13.1. The van der Waals surface area contributed by atoms with E-state index in [0.717, 1.165) is 24.1 Å². The topological polar surface area (TPSA) is 49.6 Å². The minimum atomic E-state index is 0.0931. The van der Waals surface area contributed by atoms with E-state index in [0.29, 0.717) is 13.1 Å². The number of carbonyl (C=O) groups is 1. The fourth-order valence-corrected chi connectivity index (χ4v) is 3.38. The molecule has 0 aromatic heterocycles. The Morgan fingerprint density at radius 3 is 2.54 bits per heavy atom. The molecule has 0 spiro atoms. The second kappa shape index (κ2) is 7.05. The molecule has 0 aliphatic carbocycles. The SMILES string of the molecule is CC[C@H]1CN(C)c2ccccc2CN1C(=O)c1ccc(CN)cc1. The molecule has 0 unspecified atom stereocenters. The Kier molecular flexibility index (Phi) is 4.86. The van der Waals surface area contributed by atoms with Crippen LogP contribution >= 0.6 is 0 Å². The summed E-state index contributed by atoms with van der Waals surface area (Å²) in [4.78, 5) is 17.4. The van der Waals surface area contributed by atoms with Crippen LogP contribution in [0, 0.1) is 0 Å². The molecule has 1 aliphatic rings. The van der Waals surface area contributed by atoms with Gasteiger partial charge in [-0.15, -0.1) is 0 Å². The average Bonchev–Trinajstić information content (AvgIpc) is 2.78. The molecule has 2 aromatic rings. The van der Waals surface area contributed by atoms with Gasteiger partial charge in [-0.05, 0) is 35.7 Å². The lowest BCUT2D eigenvalue weighted by Crippen LogP contribution is -2.43. The van der Waals surface area contributed by atoms with Crippen LogP contribution in [0.4, 0.5) is 5.69 Å². The molecule has 0 bridgehead atoms. The largest absolute Gasteiger partial charge is 0.372 e. The number of nitrogens with two attached hydrogens (primary N) is 1. The summed E-state index contributed by atoms with van der Waals surface area (Å²) in [6, 6.07) is 16.2. The monoisotopic (exact) mass is 323 g/mol. The molecule has 24 heavy (non-hydrogen) atoms. The second-order valence-electron chi connectivity index (χ2n) is 6.41. The molecule has 1 aliphatic heterocycles. The minimum Gasteiger partial charge on any atom is -0.372 e. The summed E-state index contributed by atoms with van der Waals surface area (Å²) in [5, 5.41) is 0. The predicted octanol–water partition coefficient (Wildman–Crippen LogP) is 3.02. The highest BCUT2D eigenvalue weighted by atomic mass is 16.2. The van der Waals surface area contributed by atoms with Crippen LogP contribution in [-0.2, 0) is 13.1 Å². The van der Waals surface area contributed by atoms with Crippen molar-refractivity contribution in [1.82, 2.24) is 4.90 Å². The molecule has 1 amide bonds. The Labute approximate surface area is 143 Å². The van der Waals surface area contributed by atoms with Gasteiger partial charge in [0, 0.05) is 44.0 Å². The number of fused-ring (bicyclic) bond motifs is 1. The third kappa shape index (κ3) is 3.15. The number of amides is 1. The zero-order valence-corrected chi connectivity index (χ0v) is 14.4. The molecule has 3 rings (SSSR count). The first-order valence-corrected chi connectivity index (χ1v) is 8.53. The molecule has 1 atom stereocenters. The van der Waals surface area contributed by atoms with Crippen LogP contribution in [0.5, 0.6) is 0 Å². The van der Waals surface area contributed by atoms with E-state index in [1.165, 1.54) is 11.3 Å². The fraction of sp³-hybridized carbons (Fsp3) is 0.350. The Bertz CT molecular complexity index is 711. The van der Waals surface area contributed by atoms with Gasteiger partial charge >= 0.3 is 0 Å². The number of hydrogen-bond acceptors (Lipinski definition) is 3. The van der Waals surface area contributed by atoms with Crippen molar-refractivity contribution < 1.29 is 4.79 Å². The van der Waals surface area contributed by atoms with Crippen LogP contribution in [0.3, 0.4) is 0 Å². The Hall–Kier alpha value is -2.33. The van der Waals surface area contributed by atoms with Crippen LogP contribution in [0.15, 0.2) is 48.5 Å². The summed E-state index contributed by atoms with van der Waals surface area (Å²) in [7, 11) is 2.10. The van der Waals surface area contributed by atoms with Crippen LogP contribution in [-0.4, -0.2) is 30.4 Å². The van der Waals surface area contributed by atoms with Crippen molar-refractivity contribution in [3.05, 3.63) is 65.2 Å². The van der Waals surface area contributed by atoms with Crippen molar-refractivity contribution in [1.29, 1.82) is 0 Å². The first kappa shape index (κ1) is 16.5. The molecule has 4 nitrogen and oxygen atoms in total. The van der Waals surface area contributed by atoms with Gasteiger partial charge in [-0.25, -0.2) is 0 Å². The number of nitrogens with zero attached hydrogens (tertiary/aromatic N) is 2. The van der Waals surface area contributed by atoms with E-state index in [4.69, 9.17) is 5.73 Å².